The first-order valence-corrected chi connectivity index (χ1v) is 4.67. The molecule has 1 aromatic rings. The number of halogens is 1. The predicted octanol–water partition coefficient (Wildman–Crippen LogP) is 2.26. The Labute approximate surface area is 79.3 Å². The highest BCUT2D eigenvalue weighted by atomic mass is 79.9. The van der Waals surface area contributed by atoms with E-state index in [1.807, 2.05) is 18.2 Å². The highest BCUT2D eigenvalue weighted by Gasteiger charge is 2.20. The first-order chi connectivity index (χ1) is 5.79. The molecular weight excluding hydrogens is 220 g/mol. The Morgan fingerprint density at radius 1 is 1.50 bits per heavy atom. The van der Waals surface area contributed by atoms with Crippen LogP contribution in [-0.4, -0.2) is 11.7 Å². The van der Waals surface area contributed by atoms with Crippen LogP contribution in [0.1, 0.15) is 18.1 Å². The van der Waals surface area contributed by atoms with Crippen LogP contribution in [0.2, 0.25) is 0 Å². The Morgan fingerprint density at radius 3 is 3.08 bits per heavy atom. The quantitative estimate of drug-likeness (QED) is 0.739. The second kappa shape index (κ2) is 3.07. The monoisotopic (exact) mass is 228 g/mol. The summed E-state index contributed by atoms with van der Waals surface area (Å²) < 4.78 is 6.33. The molecule has 12 heavy (non-hydrogen) atoms. The van der Waals surface area contributed by atoms with E-state index >= 15 is 0 Å². The number of ether oxygens (including phenoxy) is 1. The van der Waals surface area contributed by atoms with Crippen molar-refractivity contribution in [2.45, 2.75) is 12.5 Å². The Morgan fingerprint density at radius 2 is 2.33 bits per heavy atom. The van der Waals surface area contributed by atoms with Gasteiger partial charge in [-0.2, -0.15) is 0 Å². The van der Waals surface area contributed by atoms with Crippen molar-refractivity contribution in [2.75, 3.05) is 6.61 Å². The maximum Gasteiger partial charge on any atom is 0.139 e. The predicted molar refractivity (Wildman–Crippen MR) is 49.2 cm³/mol. The smallest absolute Gasteiger partial charge is 0.139 e. The molecule has 0 aliphatic carbocycles. The molecule has 0 spiro atoms. The lowest BCUT2D eigenvalue weighted by molar-refractivity contribution is 0.115. The molecule has 1 aromatic carbocycles. The summed E-state index contributed by atoms with van der Waals surface area (Å²) in [6.45, 7) is 0.594. The molecule has 3 heteroatoms. The molecular formula is C9H9BrO2. The SMILES string of the molecule is OC1CCOc2c(Br)cccc21. The van der Waals surface area contributed by atoms with Gasteiger partial charge in [0.2, 0.25) is 0 Å². The zero-order valence-electron chi connectivity index (χ0n) is 6.46. The first-order valence-electron chi connectivity index (χ1n) is 3.88. The number of aliphatic hydroxyl groups excluding tert-OH is 1. The second-order valence-corrected chi connectivity index (χ2v) is 3.67. The van der Waals surface area contributed by atoms with Crippen molar-refractivity contribution in [3.8, 4) is 5.75 Å². The molecule has 0 bridgehead atoms. The molecule has 1 heterocycles. The summed E-state index contributed by atoms with van der Waals surface area (Å²) in [5.41, 5.74) is 0.885. The second-order valence-electron chi connectivity index (χ2n) is 2.81. The molecule has 0 aromatic heterocycles. The maximum absolute atomic E-state index is 9.58. The van der Waals surface area contributed by atoms with Crippen LogP contribution in [0.25, 0.3) is 0 Å². The van der Waals surface area contributed by atoms with Crippen LogP contribution < -0.4 is 4.74 Å². The van der Waals surface area contributed by atoms with E-state index in [1.54, 1.807) is 0 Å². The Bertz CT molecular complexity index is 299. The number of benzene rings is 1. The van der Waals surface area contributed by atoms with Crippen LogP contribution in [0, 0.1) is 0 Å². The van der Waals surface area contributed by atoms with Crippen LogP contribution in [0.5, 0.6) is 5.75 Å². The van der Waals surface area contributed by atoms with Gasteiger partial charge in [0.1, 0.15) is 5.75 Å². The van der Waals surface area contributed by atoms with Gasteiger partial charge in [-0.3, -0.25) is 0 Å². The summed E-state index contributed by atoms with van der Waals surface area (Å²) in [4.78, 5) is 0. The molecule has 0 radical (unpaired) electrons. The van der Waals surface area contributed by atoms with Gasteiger partial charge in [-0.1, -0.05) is 12.1 Å². The molecule has 1 N–H and O–H groups in total. The molecule has 0 fully saturated rings. The normalized spacial score (nSPS) is 21.3. The van der Waals surface area contributed by atoms with Crippen molar-refractivity contribution >= 4 is 15.9 Å². The van der Waals surface area contributed by atoms with Crippen LogP contribution in [-0.2, 0) is 0 Å². The maximum atomic E-state index is 9.58. The van der Waals surface area contributed by atoms with Crippen LogP contribution in [0.4, 0.5) is 0 Å². The Balaban J connectivity index is 2.52. The number of hydrogen-bond donors (Lipinski definition) is 1. The van der Waals surface area contributed by atoms with Gasteiger partial charge < -0.3 is 9.84 Å². The lowest BCUT2D eigenvalue weighted by atomic mass is 10.0. The van der Waals surface area contributed by atoms with E-state index in [1.165, 1.54) is 0 Å². The highest BCUT2D eigenvalue weighted by molar-refractivity contribution is 9.10. The van der Waals surface area contributed by atoms with E-state index in [-0.39, 0.29) is 6.10 Å². The van der Waals surface area contributed by atoms with E-state index in [2.05, 4.69) is 15.9 Å². The number of fused-ring (bicyclic) bond motifs is 1. The standard InChI is InChI=1S/C9H9BrO2/c10-7-3-1-2-6-8(11)4-5-12-9(6)7/h1-3,8,11H,4-5H2. The van der Waals surface area contributed by atoms with E-state index in [9.17, 15) is 5.11 Å². The van der Waals surface area contributed by atoms with Gasteiger partial charge in [0, 0.05) is 12.0 Å². The average molecular weight is 229 g/mol. The summed E-state index contributed by atoms with van der Waals surface area (Å²) in [5, 5.41) is 9.58. The van der Waals surface area contributed by atoms with Gasteiger partial charge in [0.05, 0.1) is 17.2 Å². The topological polar surface area (TPSA) is 29.5 Å². The average Bonchev–Trinajstić information content (AvgIpc) is 2.07. The lowest BCUT2D eigenvalue weighted by Crippen LogP contribution is -2.13. The lowest BCUT2D eigenvalue weighted by Gasteiger charge is -2.22. The largest absolute Gasteiger partial charge is 0.492 e. The number of aliphatic hydroxyl groups is 1. The summed E-state index contributed by atoms with van der Waals surface area (Å²) in [6.07, 6.45) is 0.315. The van der Waals surface area contributed by atoms with E-state index in [0.29, 0.717) is 13.0 Å². The molecule has 1 atom stereocenters. The van der Waals surface area contributed by atoms with E-state index < -0.39 is 0 Å². The van der Waals surface area contributed by atoms with Crippen LogP contribution in [0.3, 0.4) is 0 Å². The van der Waals surface area contributed by atoms with Crippen molar-refractivity contribution < 1.29 is 9.84 Å². The van der Waals surface area contributed by atoms with Gasteiger partial charge in [-0.25, -0.2) is 0 Å². The minimum Gasteiger partial charge on any atom is -0.492 e. The Kier molecular flexibility index (Phi) is 2.07. The van der Waals surface area contributed by atoms with Crippen molar-refractivity contribution in [1.29, 1.82) is 0 Å². The summed E-state index contributed by atoms with van der Waals surface area (Å²) in [5.74, 6) is 0.788. The number of rotatable bonds is 0. The summed E-state index contributed by atoms with van der Waals surface area (Å²) in [6, 6.07) is 5.71. The molecule has 1 aliphatic heterocycles. The van der Waals surface area contributed by atoms with Crippen LogP contribution in [0.15, 0.2) is 22.7 Å². The highest BCUT2D eigenvalue weighted by Crippen LogP contribution is 2.37. The molecule has 0 saturated carbocycles. The molecule has 2 nitrogen and oxygen atoms in total. The third-order valence-electron chi connectivity index (χ3n) is 1.99. The molecule has 2 rings (SSSR count). The van der Waals surface area contributed by atoms with E-state index in [4.69, 9.17) is 4.74 Å². The van der Waals surface area contributed by atoms with Gasteiger partial charge in [0.15, 0.2) is 0 Å². The molecule has 0 saturated heterocycles. The number of hydrogen-bond acceptors (Lipinski definition) is 2. The van der Waals surface area contributed by atoms with Crippen LogP contribution >= 0.6 is 15.9 Å². The fourth-order valence-corrected chi connectivity index (χ4v) is 1.86. The fourth-order valence-electron chi connectivity index (χ4n) is 1.37. The molecule has 1 aliphatic rings. The minimum atomic E-state index is -0.369. The van der Waals surface area contributed by atoms with E-state index in [0.717, 1.165) is 15.8 Å². The van der Waals surface area contributed by atoms with Crippen molar-refractivity contribution in [3.63, 3.8) is 0 Å². The van der Waals surface area contributed by atoms with Crippen molar-refractivity contribution in [3.05, 3.63) is 28.2 Å². The zero-order chi connectivity index (χ0) is 8.55. The third kappa shape index (κ3) is 1.23. The first kappa shape index (κ1) is 8.08. The summed E-state index contributed by atoms with van der Waals surface area (Å²) in [7, 11) is 0. The zero-order valence-corrected chi connectivity index (χ0v) is 8.04. The number of para-hydroxylation sites is 1. The summed E-state index contributed by atoms with van der Waals surface area (Å²) >= 11 is 3.37. The van der Waals surface area contributed by atoms with Gasteiger partial charge >= 0.3 is 0 Å². The molecule has 0 amide bonds. The minimum absolute atomic E-state index is 0.369. The third-order valence-corrected chi connectivity index (χ3v) is 2.62. The Hall–Kier alpha value is -0.540. The van der Waals surface area contributed by atoms with Gasteiger partial charge in [-0.15, -0.1) is 0 Å². The van der Waals surface area contributed by atoms with Crippen molar-refractivity contribution in [1.82, 2.24) is 0 Å². The molecule has 1 unspecified atom stereocenters. The van der Waals surface area contributed by atoms with Gasteiger partial charge in [-0.05, 0) is 22.0 Å². The van der Waals surface area contributed by atoms with Crippen molar-refractivity contribution in [2.24, 2.45) is 0 Å². The van der Waals surface area contributed by atoms with Gasteiger partial charge in [0.25, 0.3) is 0 Å². The fraction of sp³-hybridized carbons (Fsp3) is 0.333. The molecule has 64 valence electrons.